The Morgan fingerprint density at radius 3 is 2.30 bits per heavy atom. The van der Waals surface area contributed by atoms with Gasteiger partial charge in [-0.2, -0.15) is 0 Å². The van der Waals surface area contributed by atoms with Gasteiger partial charge < -0.3 is 14.6 Å². The molecule has 4 nitrogen and oxygen atoms in total. The van der Waals surface area contributed by atoms with E-state index in [0.29, 0.717) is 0 Å². The highest BCUT2D eigenvalue weighted by Crippen LogP contribution is 2.37. The fraction of sp³-hybridized carbons (Fsp3) is 0.611. The number of hydrogen-bond donors (Lipinski definition) is 1. The molecule has 0 atom stereocenters. The molecule has 1 amide bonds. The summed E-state index contributed by atoms with van der Waals surface area (Å²) in [4.78, 5) is 12.1. The Kier molecular flexibility index (Phi) is 4.05. The van der Waals surface area contributed by atoms with Crippen LogP contribution in [-0.4, -0.2) is 24.2 Å². The van der Waals surface area contributed by atoms with E-state index in [4.69, 9.17) is 9.31 Å². The maximum Gasteiger partial charge on any atom is 0.495 e. The number of carbonyl (C=O) groups is 1. The fourth-order valence-electron chi connectivity index (χ4n) is 2.86. The van der Waals surface area contributed by atoms with Gasteiger partial charge in [0.1, 0.15) is 0 Å². The Balaban J connectivity index is 1.80. The van der Waals surface area contributed by atoms with Crippen LogP contribution in [0.15, 0.2) is 18.2 Å². The summed E-state index contributed by atoms with van der Waals surface area (Å²) < 4.78 is 12.3. The smallest absolute Gasteiger partial charge is 0.399 e. The third-order valence-corrected chi connectivity index (χ3v) is 5.53. The van der Waals surface area contributed by atoms with Crippen molar-refractivity contribution in [2.45, 2.75) is 65.1 Å². The van der Waals surface area contributed by atoms with Gasteiger partial charge in [-0.05, 0) is 65.1 Å². The van der Waals surface area contributed by atoms with Crippen molar-refractivity contribution in [3.05, 3.63) is 23.8 Å². The maximum absolute atomic E-state index is 12.1. The van der Waals surface area contributed by atoms with Gasteiger partial charge in [0, 0.05) is 11.6 Å². The normalized spacial score (nSPS) is 22.7. The van der Waals surface area contributed by atoms with Gasteiger partial charge in [0.2, 0.25) is 5.91 Å². The first kappa shape index (κ1) is 16.5. The zero-order chi connectivity index (χ0) is 16.8. The molecule has 124 valence electrons. The van der Waals surface area contributed by atoms with E-state index in [1.54, 1.807) is 0 Å². The largest absolute Gasteiger partial charge is 0.495 e. The molecule has 2 aliphatic rings. The van der Waals surface area contributed by atoms with E-state index in [1.807, 2.05) is 52.8 Å². The third-order valence-electron chi connectivity index (χ3n) is 5.53. The van der Waals surface area contributed by atoms with Gasteiger partial charge in [0.25, 0.3) is 0 Å². The van der Waals surface area contributed by atoms with E-state index in [0.717, 1.165) is 36.0 Å². The van der Waals surface area contributed by atoms with Crippen molar-refractivity contribution in [1.29, 1.82) is 0 Å². The zero-order valence-corrected chi connectivity index (χ0v) is 14.7. The third kappa shape index (κ3) is 3.04. The lowest BCUT2D eigenvalue weighted by atomic mass is 9.76. The topological polar surface area (TPSA) is 47.6 Å². The van der Waals surface area contributed by atoms with Gasteiger partial charge in [0.15, 0.2) is 0 Å². The van der Waals surface area contributed by atoms with Gasteiger partial charge in [-0.3, -0.25) is 4.79 Å². The second kappa shape index (κ2) is 5.64. The first-order valence-electron chi connectivity index (χ1n) is 8.47. The Labute approximate surface area is 139 Å². The maximum atomic E-state index is 12.1. The fourth-order valence-corrected chi connectivity index (χ4v) is 2.86. The molecule has 0 spiro atoms. The van der Waals surface area contributed by atoms with Crippen LogP contribution in [0.1, 0.15) is 52.5 Å². The number of carbonyl (C=O) groups excluding carboxylic acids is 1. The second-order valence-electron chi connectivity index (χ2n) is 7.78. The predicted octanol–water partition coefficient (Wildman–Crippen LogP) is 3.03. The highest BCUT2D eigenvalue weighted by Gasteiger charge is 2.52. The highest BCUT2D eigenvalue weighted by atomic mass is 16.7. The standard InChI is InChI=1S/C18H26BNO3/c1-12-9-10-14(20-16(21)13-7-6-8-13)11-15(12)19-22-17(2,3)18(4,5)23-19/h9-11,13H,6-8H2,1-5H3,(H,20,21). The predicted molar refractivity (Wildman–Crippen MR) is 92.9 cm³/mol. The molecule has 1 aromatic carbocycles. The van der Waals surface area contributed by atoms with Crippen LogP contribution in [0.4, 0.5) is 5.69 Å². The van der Waals surface area contributed by atoms with Crippen molar-refractivity contribution < 1.29 is 14.1 Å². The van der Waals surface area contributed by atoms with Gasteiger partial charge in [-0.1, -0.05) is 18.1 Å². The summed E-state index contributed by atoms with van der Waals surface area (Å²) in [5.41, 5.74) is 2.17. The number of benzene rings is 1. The van der Waals surface area contributed by atoms with Crippen molar-refractivity contribution in [2.24, 2.45) is 5.92 Å². The summed E-state index contributed by atoms with van der Waals surface area (Å²) in [6.07, 6.45) is 3.16. The molecule has 0 aromatic heterocycles. The molecular formula is C18H26BNO3. The molecule has 1 saturated heterocycles. The summed E-state index contributed by atoms with van der Waals surface area (Å²) >= 11 is 0. The molecule has 3 rings (SSSR count). The molecule has 1 aliphatic heterocycles. The van der Waals surface area contributed by atoms with Gasteiger partial charge in [-0.25, -0.2) is 0 Å². The van der Waals surface area contributed by atoms with Crippen LogP contribution in [0.25, 0.3) is 0 Å². The lowest BCUT2D eigenvalue weighted by Crippen LogP contribution is -2.41. The zero-order valence-electron chi connectivity index (χ0n) is 14.7. The average molecular weight is 315 g/mol. The number of aryl methyl sites for hydroxylation is 1. The summed E-state index contributed by atoms with van der Waals surface area (Å²) in [5, 5.41) is 3.03. The minimum absolute atomic E-state index is 0.125. The van der Waals surface area contributed by atoms with Crippen LogP contribution in [-0.2, 0) is 14.1 Å². The molecule has 2 fully saturated rings. The van der Waals surface area contributed by atoms with Crippen molar-refractivity contribution in [3.8, 4) is 0 Å². The van der Waals surface area contributed by atoms with E-state index in [2.05, 4.69) is 5.32 Å². The second-order valence-corrected chi connectivity index (χ2v) is 7.78. The number of anilines is 1. The van der Waals surface area contributed by atoms with Crippen LogP contribution in [0.3, 0.4) is 0 Å². The van der Waals surface area contributed by atoms with Crippen LogP contribution in [0, 0.1) is 12.8 Å². The molecule has 23 heavy (non-hydrogen) atoms. The molecular weight excluding hydrogens is 289 g/mol. The molecule has 5 heteroatoms. The lowest BCUT2D eigenvalue weighted by Gasteiger charge is -2.32. The quantitative estimate of drug-likeness (QED) is 0.872. The minimum atomic E-state index is -0.402. The van der Waals surface area contributed by atoms with Crippen molar-refractivity contribution in [3.63, 3.8) is 0 Å². The van der Waals surface area contributed by atoms with Crippen LogP contribution >= 0.6 is 0 Å². The molecule has 1 saturated carbocycles. The van der Waals surface area contributed by atoms with E-state index in [9.17, 15) is 4.79 Å². The Bertz CT molecular complexity index is 607. The number of rotatable bonds is 3. The summed E-state index contributed by atoms with van der Waals surface area (Å²) in [6.45, 7) is 10.2. The Hall–Kier alpha value is -1.33. The Morgan fingerprint density at radius 2 is 1.78 bits per heavy atom. The molecule has 1 heterocycles. The summed E-state index contributed by atoms with van der Waals surface area (Å²) in [7, 11) is -0.402. The monoisotopic (exact) mass is 315 g/mol. The van der Waals surface area contributed by atoms with Crippen LogP contribution in [0.2, 0.25) is 0 Å². The average Bonchev–Trinajstić information content (AvgIpc) is 2.58. The first-order chi connectivity index (χ1) is 10.7. The van der Waals surface area contributed by atoms with Crippen molar-refractivity contribution >= 4 is 24.2 Å². The molecule has 1 N–H and O–H groups in total. The van der Waals surface area contributed by atoms with Crippen molar-refractivity contribution in [2.75, 3.05) is 5.32 Å². The van der Waals surface area contributed by atoms with E-state index >= 15 is 0 Å². The van der Waals surface area contributed by atoms with Crippen LogP contribution < -0.4 is 10.8 Å². The highest BCUT2D eigenvalue weighted by molar-refractivity contribution is 6.62. The molecule has 1 aromatic rings. The first-order valence-corrected chi connectivity index (χ1v) is 8.47. The molecule has 0 unspecified atom stereocenters. The summed E-state index contributed by atoms with van der Waals surface area (Å²) in [5.74, 6) is 0.302. The summed E-state index contributed by atoms with van der Waals surface area (Å²) in [6, 6.07) is 5.94. The SMILES string of the molecule is Cc1ccc(NC(=O)C2CCC2)cc1B1OC(C)(C)C(C)(C)O1. The van der Waals surface area contributed by atoms with E-state index < -0.39 is 7.12 Å². The number of hydrogen-bond acceptors (Lipinski definition) is 3. The van der Waals surface area contributed by atoms with Crippen molar-refractivity contribution in [1.82, 2.24) is 0 Å². The van der Waals surface area contributed by atoms with Gasteiger partial charge in [0.05, 0.1) is 11.2 Å². The Morgan fingerprint density at radius 1 is 1.17 bits per heavy atom. The minimum Gasteiger partial charge on any atom is -0.399 e. The molecule has 1 aliphatic carbocycles. The number of amides is 1. The van der Waals surface area contributed by atoms with Crippen LogP contribution in [0.5, 0.6) is 0 Å². The lowest BCUT2D eigenvalue weighted by molar-refractivity contribution is -0.122. The van der Waals surface area contributed by atoms with Gasteiger partial charge >= 0.3 is 7.12 Å². The van der Waals surface area contributed by atoms with Gasteiger partial charge in [-0.15, -0.1) is 0 Å². The molecule has 0 bridgehead atoms. The van der Waals surface area contributed by atoms with E-state index in [-0.39, 0.29) is 23.0 Å². The number of nitrogens with one attached hydrogen (secondary N) is 1. The molecule has 0 radical (unpaired) electrons. The van der Waals surface area contributed by atoms with E-state index in [1.165, 1.54) is 0 Å².